The number of thiophene rings is 1. The maximum absolute atomic E-state index is 13.0. The molecule has 3 rings (SSSR count). The minimum absolute atomic E-state index is 0.0706. The number of anilines is 1. The Bertz CT molecular complexity index is 1180. The first-order valence-electron chi connectivity index (χ1n) is 9.60. The Morgan fingerprint density at radius 3 is 2.41 bits per heavy atom. The molecule has 3 aromatic rings. The molecule has 1 aromatic heterocycles. The van der Waals surface area contributed by atoms with Gasteiger partial charge in [-0.25, -0.2) is 9.18 Å². The highest BCUT2D eigenvalue weighted by Gasteiger charge is 2.25. The number of carbonyl (C=O) groups excluding carboxylic acids is 2. The highest BCUT2D eigenvalue weighted by molar-refractivity contribution is 7.17. The molecule has 0 atom stereocenters. The Morgan fingerprint density at radius 2 is 1.81 bits per heavy atom. The second-order valence-electron chi connectivity index (χ2n) is 6.64. The first kappa shape index (κ1) is 22.8. The van der Waals surface area contributed by atoms with E-state index >= 15 is 0 Å². The van der Waals surface area contributed by atoms with Crippen LogP contribution in [-0.4, -0.2) is 23.4 Å². The Morgan fingerprint density at radius 1 is 1.16 bits per heavy atom. The second-order valence-corrected chi connectivity index (χ2v) is 7.86. The van der Waals surface area contributed by atoms with Crippen LogP contribution in [-0.2, 0) is 9.53 Å². The van der Waals surface area contributed by atoms with E-state index in [1.807, 2.05) is 0 Å². The minimum atomic E-state index is -0.608. The van der Waals surface area contributed by atoms with E-state index in [1.54, 1.807) is 26.0 Å². The van der Waals surface area contributed by atoms with E-state index in [1.165, 1.54) is 59.9 Å². The maximum Gasteiger partial charge on any atom is 0.341 e. The number of rotatable bonds is 7. The lowest BCUT2D eigenvalue weighted by Crippen LogP contribution is -2.12. The number of benzene rings is 2. The predicted molar refractivity (Wildman–Crippen MR) is 121 cm³/mol. The predicted octanol–water partition coefficient (Wildman–Crippen LogP) is 5.60. The average molecular weight is 454 g/mol. The molecule has 2 aromatic carbocycles. The van der Waals surface area contributed by atoms with Crippen molar-refractivity contribution in [2.75, 3.05) is 11.9 Å². The first-order valence-corrected chi connectivity index (χ1v) is 10.4. The summed E-state index contributed by atoms with van der Waals surface area (Å²) < 4.78 is 18.2. The number of hydrogen-bond acceptors (Lipinski definition) is 6. The molecular weight excluding hydrogens is 435 g/mol. The zero-order valence-corrected chi connectivity index (χ0v) is 18.1. The number of nitro groups is 1. The summed E-state index contributed by atoms with van der Waals surface area (Å²) in [5.41, 5.74) is 1.89. The highest BCUT2D eigenvalue weighted by atomic mass is 32.1. The zero-order valence-electron chi connectivity index (χ0n) is 17.3. The van der Waals surface area contributed by atoms with Gasteiger partial charge in [0.2, 0.25) is 5.91 Å². The van der Waals surface area contributed by atoms with Crippen LogP contribution in [0.5, 0.6) is 0 Å². The van der Waals surface area contributed by atoms with Crippen LogP contribution in [0.1, 0.15) is 27.7 Å². The lowest BCUT2D eigenvalue weighted by atomic mass is 10.0. The van der Waals surface area contributed by atoms with Gasteiger partial charge in [0.05, 0.1) is 11.5 Å². The third-order valence-electron chi connectivity index (χ3n) is 4.46. The molecule has 1 N–H and O–H groups in total. The molecule has 0 fully saturated rings. The molecule has 0 aliphatic heterocycles. The fourth-order valence-electron chi connectivity index (χ4n) is 3.03. The molecule has 32 heavy (non-hydrogen) atoms. The molecule has 0 bridgehead atoms. The minimum Gasteiger partial charge on any atom is -0.462 e. The van der Waals surface area contributed by atoms with Crippen LogP contribution in [0.25, 0.3) is 17.2 Å². The summed E-state index contributed by atoms with van der Waals surface area (Å²) in [5.74, 6) is -1.46. The number of amides is 1. The molecule has 1 heterocycles. The molecule has 0 aliphatic rings. The second kappa shape index (κ2) is 9.97. The molecule has 0 radical (unpaired) electrons. The van der Waals surface area contributed by atoms with Gasteiger partial charge in [0.15, 0.2) is 0 Å². The number of ether oxygens (including phenoxy) is 1. The smallest absolute Gasteiger partial charge is 0.341 e. The van der Waals surface area contributed by atoms with Gasteiger partial charge < -0.3 is 10.1 Å². The van der Waals surface area contributed by atoms with E-state index in [2.05, 4.69) is 5.32 Å². The molecule has 164 valence electrons. The molecule has 0 spiro atoms. The van der Waals surface area contributed by atoms with Crippen molar-refractivity contribution in [3.63, 3.8) is 0 Å². The summed E-state index contributed by atoms with van der Waals surface area (Å²) in [7, 11) is 0. The lowest BCUT2D eigenvalue weighted by molar-refractivity contribution is -0.384. The molecule has 0 saturated heterocycles. The van der Waals surface area contributed by atoms with Crippen LogP contribution in [0, 0.1) is 22.9 Å². The van der Waals surface area contributed by atoms with E-state index in [9.17, 15) is 24.1 Å². The van der Waals surface area contributed by atoms with E-state index in [0.717, 1.165) is 4.88 Å². The Kier molecular flexibility index (Phi) is 7.11. The number of nitrogens with zero attached hydrogens (tertiary/aromatic N) is 1. The maximum atomic E-state index is 13.0. The highest BCUT2D eigenvalue weighted by Crippen LogP contribution is 2.40. The molecule has 0 unspecified atom stereocenters. The van der Waals surface area contributed by atoms with E-state index in [4.69, 9.17) is 4.74 Å². The van der Waals surface area contributed by atoms with Crippen LogP contribution < -0.4 is 5.32 Å². The van der Waals surface area contributed by atoms with Crippen molar-refractivity contribution in [2.45, 2.75) is 13.8 Å². The summed E-state index contributed by atoms with van der Waals surface area (Å²) in [6.45, 7) is 3.60. The van der Waals surface area contributed by atoms with Gasteiger partial charge >= 0.3 is 5.97 Å². The van der Waals surface area contributed by atoms with Crippen molar-refractivity contribution in [3.8, 4) is 11.1 Å². The summed E-state index contributed by atoms with van der Waals surface area (Å²) in [6, 6.07) is 11.4. The topological polar surface area (TPSA) is 98.5 Å². The molecule has 9 heteroatoms. The van der Waals surface area contributed by atoms with Gasteiger partial charge in [-0.3, -0.25) is 14.9 Å². The average Bonchev–Trinajstić information content (AvgIpc) is 3.09. The van der Waals surface area contributed by atoms with Crippen molar-refractivity contribution in [2.24, 2.45) is 0 Å². The number of hydrogen-bond donors (Lipinski definition) is 1. The van der Waals surface area contributed by atoms with Gasteiger partial charge in [-0.05, 0) is 55.3 Å². The van der Waals surface area contributed by atoms with Gasteiger partial charge in [-0.1, -0.05) is 12.1 Å². The quantitative estimate of drug-likeness (QED) is 0.217. The number of aryl methyl sites for hydroxylation is 1. The van der Waals surface area contributed by atoms with Gasteiger partial charge in [-0.15, -0.1) is 11.3 Å². The summed E-state index contributed by atoms with van der Waals surface area (Å²) in [6.07, 6.45) is 2.80. The Hall–Kier alpha value is -3.85. The van der Waals surface area contributed by atoms with Crippen molar-refractivity contribution < 1.29 is 23.6 Å². The number of non-ortho nitro benzene ring substituents is 1. The molecule has 0 aliphatic carbocycles. The van der Waals surface area contributed by atoms with Crippen LogP contribution >= 0.6 is 11.3 Å². The molecule has 0 saturated carbocycles. The standard InChI is InChI=1S/C23H19FN2O5S/c1-3-31-23(28)21-20(16-7-11-18(12-8-16)26(29)30)14(2)32-22(21)25-19(27)13-6-15-4-9-17(24)10-5-15/h4-13H,3H2,1-2H3,(H,25,27)/b13-6+. The van der Waals surface area contributed by atoms with Crippen molar-refractivity contribution >= 4 is 40.0 Å². The molecule has 7 nitrogen and oxygen atoms in total. The number of esters is 1. The van der Waals surface area contributed by atoms with Gasteiger partial charge in [0.1, 0.15) is 16.4 Å². The van der Waals surface area contributed by atoms with E-state index in [-0.39, 0.29) is 23.7 Å². The number of halogens is 1. The van der Waals surface area contributed by atoms with Crippen molar-refractivity contribution in [3.05, 3.63) is 86.5 Å². The number of nitro benzene ring substituents is 1. The van der Waals surface area contributed by atoms with Gasteiger partial charge in [-0.2, -0.15) is 0 Å². The monoisotopic (exact) mass is 454 g/mol. The Balaban J connectivity index is 1.94. The third-order valence-corrected chi connectivity index (χ3v) is 5.49. The SMILES string of the molecule is CCOC(=O)c1c(NC(=O)/C=C/c2ccc(F)cc2)sc(C)c1-c1ccc([N+](=O)[O-])cc1. The summed E-state index contributed by atoms with van der Waals surface area (Å²) >= 11 is 1.20. The van der Waals surface area contributed by atoms with E-state index in [0.29, 0.717) is 21.7 Å². The van der Waals surface area contributed by atoms with E-state index < -0.39 is 16.8 Å². The fourth-order valence-corrected chi connectivity index (χ4v) is 4.09. The third kappa shape index (κ3) is 5.25. The van der Waals surface area contributed by atoms with Gasteiger partial charge in [0.25, 0.3) is 5.69 Å². The van der Waals surface area contributed by atoms with Crippen LogP contribution in [0.2, 0.25) is 0 Å². The summed E-state index contributed by atoms with van der Waals surface area (Å²) in [5, 5.41) is 14.0. The van der Waals surface area contributed by atoms with Crippen LogP contribution in [0.3, 0.4) is 0 Å². The van der Waals surface area contributed by atoms with Crippen molar-refractivity contribution in [1.82, 2.24) is 0 Å². The number of nitrogens with one attached hydrogen (secondary N) is 1. The molecular formula is C23H19FN2O5S. The van der Waals surface area contributed by atoms with Gasteiger partial charge in [0, 0.05) is 28.6 Å². The number of carbonyl (C=O) groups is 2. The fraction of sp³-hybridized carbons (Fsp3) is 0.130. The van der Waals surface area contributed by atoms with Crippen molar-refractivity contribution in [1.29, 1.82) is 0 Å². The van der Waals surface area contributed by atoms with Crippen LogP contribution in [0.4, 0.5) is 15.1 Å². The first-order chi connectivity index (χ1) is 15.3. The Labute approximate surface area is 187 Å². The molecule has 1 amide bonds. The lowest BCUT2D eigenvalue weighted by Gasteiger charge is -2.08. The normalized spacial score (nSPS) is 10.8. The largest absolute Gasteiger partial charge is 0.462 e. The summed E-state index contributed by atoms with van der Waals surface area (Å²) in [4.78, 5) is 36.4. The zero-order chi connectivity index (χ0) is 23.3. The van der Waals surface area contributed by atoms with Crippen LogP contribution in [0.15, 0.2) is 54.6 Å².